The summed E-state index contributed by atoms with van der Waals surface area (Å²) in [6.45, 7) is 4.79. The number of hydrogen-bond acceptors (Lipinski definition) is 6. The zero-order valence-corrected chi connectivity index (χ0v) is 18.0. The summed E-state index contributed by atoms with van der Waals surface area (Å²) in [7, 11) is 0. The number of H-pyrrole nitrogens is 1. The zero-order chi connectivity index (χ0) is 22.5. The summed E-state index contributed by atoms with van der Waals surface area (Å²) in [6, 6.07) is 7.95. The lowest BCUT2D eigenvalue weighted by atomic mass is 9.86. The van der Waals surface area contributed by atoms with Crippen molar-refractivity contribution in [2.75, 3.05) is 31.5 Å². The van der Waals surface area contributed by atoms with Crippen molar-refractivity contribution in [1.82, 2.24) is 20.2 Å². The van der Waals surface area contributed by atoms with Gasteiger partial charge in [-0.25, -0.2) is 9.78 Å². The smallest absolute Gasteiger partial charge is 0.375 e. The lowest BCUT2D eigenvalue weighted by Gasteiger charge is -2.32. The number of piperidine rings is 1. The first-order valence-electron chi connectivity index (χ1n) is 10.8. The van der Waals surface area contributed by atoms with Crippen molar-refractivity contribution in [3.05, 3.63) is 47.3 Å². The van der Waals surface area contributed by atoms with E-state index >= 15 is 0 Å². The first-order valence-corrected chi connectivity index (χ1v) is 10.8. The highest BCUT2D eigenvalue weighted by atomic mass is 16.6. The minimum atomic E-state index is -0.683. The highest BCUT2D eigenvalue weighted by molar-refractivity contribution is 5.91. The van der Waals surface area contributed by atoms with Gasteiger partial charge in [0.05, 0.1) is 11.9 Å². The van der Waals surface area contributed by atoms with E-state index in [0.717, 1.165) is 56.6 Å². The van der Waals surface area contributed by atoms with E-state index in [4.69, 9.17) is 10.00 Å². The number of nitrogens with zero attached hydrogens (tertiary/aromatic N) is 3. The van der Waals surface area contributed by atoms with Crippen molar-refractivity contribution >= 4 is 23.3 Å². The molecule has 166 valence electrons. The van der Waals surface area contributed by atoms with Gasteiger partial charge in [0, 0.05) is 32.1 Å². The maximum Gasteiger partial charge on any atom is 0.419 e. The van der Waals surface area contributed by atoms with E-state index in [1.807, 2.05) is 23.1 Å². The molecule has 0 atom stereocenters. The van der Waals surface area contributed by atoms with Crippen LogP contribution in [0.15, 0.2) is 30.5 Å². The number of benzene rings is 1. The number of carbonyl (C=O) groups is 2. The summed E-state index contributed by atoms with van der Waals surface area (Å²) in [4.78, 5) is 32.5. The van der Waals surface area contributed by atoms with Gasteiger partial charge in [0.25, 0.3) is 0 Å². The lowest BCUT2D eigenvalue weighted by molar-refractivity contribution is -0.129. The molecule has 1 saturated heterocycles. The van der Waals surface area contributed by atoms with Gasteiger partial charge < -0.3 is 15.0 Å². The van der Waals surface area contributed by atoms with Crippen LogP contribution in [-0.4, -0.2) is 53.0 Å². The van der Waals surface area contributed by atoms with E-state index in [1.165, 1.54) is 11.8 Å². The van der Waals surface area contributed by atoms with Gasteiger partial charge >= 0.3 is 12.1 Å². The zero-order valence-electron chi connectivity index (χ0n) is 18.0. The number of nitrogens with one attached hydrogen (secondary N) is 3. The van der Waals surface area contributed by atoms with E-state index < -0.39 is 6.09 Å². The molecule has 2 amide bonds. The quantitative estimate of drug-likeness (QED) is 0.680. The Labute approximate surface area is 186 Å². The van der Waals surface area contributed by atoms with Gasteiger partial charge in [-0.15, -0.1) is 0 Å². The van der Waals surface area contributed by atoms with Crippen molar-refractivity contribution in [3.8, 4) is 12.1 Å². The standard InChI is InChI=1S/C23H26N6O3/c1-15(30)29-9-6-16(7-10-29)17-4-5-21(20(11-17)18-3-2-8-25-13-18)28-23(31)32-22-26-14-19(12-24)27-22/h3-5,11,14,16,25H,2,6-10,13H2,1H3,(H,26,27)(H,28,31). The third-order valence-electron chi connectivity index (χ3n) is 5.93. The molecule has 9 heteroatoms. The number of aromatic amines is 1. The number of imidazole rings is 1. The first-order chi connectivity index (χ1) is 15.5. The number of nitriles is 1. The molecule has 1 aromatic carbocycles. The van der Waals surface area contributed by atoms with Crippen LogP contribution in [0.3, 0.4) is 0 Å². The van der Waals surface area contributed by atoms with Crippen LogP contribution in [0, 0.1) is 11.3 Å². The van der Waals surface area contributed by atoms with Crippen molar-refractivity contribution < 1.29 is 14.3 Å². The molecule has 0 unspecified atom stereocenters. The number of hydrogen-bond donors (Lipinski definition) is 3. The number of amides is 2. The summed E-state index contributed by atoms with van der Waals surface area (Å²) in [5.41, 5.74) is 4.16. The molecule has 1 fully saturated rings. The number of anilines is 1. The van der Waals surface area contributed by atoms with Crippen LogP contribution in [0.4, 0.5) is 10.5 Å². The van der Waals surface area contributed by atoms with Gasteiger partial charge in [0.2, 0.25) is 5.91 Å². The molecule has 1 aromatic heterocycles. The van der Waals surface area contributed by atoms with Crippen molar-refractivity contribution in [2.45, 2.75) is 32.1 Å². The van der Waals surface area contributed by atoms with Crippen molar-refractivity contribution in [2.24, 2.45) is 0 Å². The Hall–Kier alpha value is -3.64. The van der Waals surface area contributed by atoms with Gasteiger partial charge in [-0.3, -0.25) is 15.1 Å². The first kappa shape index (κ1) is 21.6. The van der Waals surface area contributed by atoms with Crippen molar-refractivity contribution in [3.63, 3.8) is 0 Å². The fourth-order valence-electron chi connectivity index (χ4n) is 4.20. The van der Waals surface area contributed by atoms with Crippen molar-refractivity contribution in [1.29, 1.82) is 5.26 Å². The molecule has 9 nitrogen and oxygen atoms in total. The molecule has 3 heterocycles. The second-order valence-electron chi connectivity index (χ2n) is 8.01. The maximum atomic E-state index is 12.5. The minimum absolute atomic E-state index is 0.0343. The predicted molar refractivity (Wildman–Crippen MR) is 119 cm³/mol. The maximum absolute atomic E-state index is 12.5. The van der Waals surface area contributed by atoms with E-state index in [0.29, 0.717) is 11.6 Å². The third kappa shape index (κ3) is 4.98. The SMILES string of the molecule is CC(=O)N1CCC(c2ccc(NC(=O)Oc3ncc(C#N)[nH]3)c(C3=CCCNC3)c2)CC1. The number of carbonyl (C=O) groups excluding carboxylic acids is 2. The third-order valence-corrected chi connectivity index (χ3v) is 5.93. The van der Waals surface area contributed by atoms with Crippen LogP contribution < -0.4 is 15.4 Å². The summed E-state index contributed by atoms with van der Waals surface area (Å²) in [5.74, 6) is 0.495. The Morgan fingerprint density at radius 1 is 1.31 bits per heavy atom. The second kappa shape index (κ2) is 9.66. The fraction of sp³-hybridized carbons (Fsp3) is 0.391. The summed E-state index contributed by atoms with van der Waals surface area (Å²) >= 11 is 0. The Morgan fingerprint density at radius 3 is 2.78 bits per heavy atom. The fourth-order valence-corrected chi connectivity index (χ4v) is 4.20. The molecule has 4 rings (SSSR count). The Balaban J connectivity index is 1.53. The average Bonchev–Trinajstić information content (AvgIpc) is 3.27. The van der Waals surface area contributed by atoms with E-state index in [2.05, 4.69) is 32.7 Å². The summed E-state index contributed by atoms with van der Waals surface area (Å²) < 4.78 is 5.18. The average molecular weight is 435 g/mol. The molecule has 3 N–H and O–H groups in total. The molecular formula is C23H26N6O3. The molecule has 0 spiro atoms. The molecule has 0 bridgehead atoms. The molecule has 2 aliphatic rings. The number of rotatable bonds is 4. The lowest BCUT2D eigenvalue weighted by Crippen LogP contribution is -2.36. The molecule has 0 saturated carbocycles. The minimum Gasteiger partial charge on any atom is -0.375 e. The Kier molecular flexibility index (Phi) is 6.52. The molecule has 0 radical (unpaired) electrons. The number of likely N-dealkylation sites (tertiary alicyclic amines) is 1. The molecule has 0 aliphatic carbocycles. The second-order valence-corrected chi connectivity index (χ2v) is 8.01. The molecular weight excluding hydrogens is 408 g/mol. The summed E-state index contributed by atoms with van der Waals surface area (Å²) in [5, 5.41) is 15.1. The van der Waals surface area contributed by atoms with Gasteiger partial charge in [-0.1, -0.05) is 12.1 Å². The van der Waals surface area contributed by atoms with Gasteiger partial charge in [-0.05, 0) is 55.0 Å². The predicted octanol–water partition coefficient (Wildman–Crippen LogP) is 2.99. The summed E-state index contributed by atoms with van der Waals surface area (Å²) in [6.07, 6.45) is 5.58. The highest BCUT2D eigenvalue weighted by Crippen LogP contribution is 2.34. The molecule has 2 aromatic rings. The van der Waals surface area contributed by atoms with E-state index in [1.54, 1.807) is 6.92 Å². The van der Waals surface area contributed by atoms with Crippen LogP contribution in [0.25, 0.3) is 5.57 Å². The van der Waals surface area contributed by atoms with Crippen LogP contribution in [0.5, 0.6) is 6.01 Å². The van der Waals surface area contributed by atoms with Crippen LogP contribution in [-0.2, 0) is 4.79 Å². The topological polar surface area (TPSA) is 123 Å². The van der Waals surface area contributed by atoms with Gasteiger partial charge in [0.1, 0.15) is 11.8 Å². The molecule has 2 aliphatic heterocycles. The largest absolute Gasteiger partial charge is 0.419 e. The number of ether oxygens (including phenoxy) is 1. The highest BCUT2D eigenvalue weighted by Gasteiger charge is 2.23. The monoisotopic (exact) mass is 434 g/mol. The van der Waals surface area contributed by atoms with Crippen LogP contribution in [0.2, 0.25) is 0 Å². The van der Waals surface area contributed by atoms with E-state index in [9.17, 15) is 9.59 Å². The Morgan fingerprint density at radius 2 is 2.12 bits per heavy atom. The van der Waals surface area contributed by atoms with Gasteiger partial charge in [-0.2, -0.15) is 5.26 Å². The van der Waals surface area contributed by atoms with Crippen LogP contribution >= 0.6 is 0 Å². The Bertz CT molecular complexity index is 1080. The van der Waals surface area contributed by atoms with Crippen LogP contribution in [0.1, 0.15) is 48.9 Å². The number of aromatic nitrogens is 2. The van der Waals surface area contributed by atoms with E-state index in [-0.39, 0.29) is 17.6 Å². The molecule has 32 heavy (non-hydrogen) atoms. The van der Waals surface area contributed by atoms with Gasteiger partial charge in [0.15, 0.2) is 0 Å². The normalized spacial score (nSPS) is 16.8.